The second kappa shape index (κ2) is 8.15. The molecule has 0 radical (unpaired) electrons. The third kappa shape index (κ3) is 4.07. The molecule has 8 nitrogen and oxygen atoms in total. The van der Waals surface area contributed by atoms with Gasteiger partial charge in [0.15, 0.2) is 5.82 Å². The molecule has 1 atom stereocenters. The molecule has 140 valence electrons. The Kier molecular flexibility index (Phi) is 5.68. The van der Waals surface area contributed by atoms with Crippen molar-refractivity contribution in [2.45, 2.75) is 6.04 Å². The number of amides is 1. The lowest BCUT2D eigenvalue weighted by atomic mass is 10.1. The minimum atomic E-state index is -0.530. The first-order chi connectivity index (χ1) is 13.0. The largest absolute Gasteiger partial charge is 0.412 e. The number of rotatable bonds is 5. The molecule has 27 heavy (non-hydrogen) atoms. The number of hydrogen-bond acceptors (Lipinski definition) is 6. The molecule has 9 heteroatoms. The number of nitrogens with one attached hydrogen (secondary N) is 1. The van der Waals surface area contributed by atoms with Gasteiger partial charge in [0.2, 0.25) is 0 Å². The van der Waals surface area contributed by atoms with Gasteiger partial charge in [-0.25, -0.2) is 4.79 Å². The van der Waals surface area contributed by atoms with Crippen LogP contribution in [0.4, 0.5) is 4.79 Å². The van der Waals surface area contributed by atoms with Gasteiger partial charge in [0.05, 0.1) is 11.7 Å². The molecule has 2 aromatic carbocycles. The minimum absolute atomic E-state index is 0.240. The summed E-state index contributed by atoms with van der Waals surface area (Å²) in [6, 6.07) is 14.3. The van der Waals surface area contributed by atoms with Crippen molar-refractivity contribution in [2.24, 2.45) is 0 Å². The number of carbonyl (C=O) groups is 1. The summed E-state index contributed by atoms with van der Waals surface area (Å²) in [5.41, 5.74) is 1.64. The molecule has 0 aliphatic rings. The molecule has 0 unspecified atom stereocenters. The molecule has 0 aliphatic heterocycles. The average molecular weight is 387 g/mol. The van der Waals surface area contributed by atoms with E-state index in [0.717, 1.165) is 11.3 Å². The van der Waals surface area contributed by atoms with Crippen molar-refractivity contribution in [3.05, 3.63) is 64.9 Å². The second-order valence-electron chi connectivity index (χ2n) is 5.97. The third-order valence-electron chi connectivity index (χ3n) is 3.95. The normalized spacial score (nSPS) is 12.0. The molecule has 1 N–H and O–H groups in total. The lowest BCUT2D eigenvalue weighted by Gasteiger charge is -2.24. The van der Waals surface area contributed by atoms with Crippen LogP contribution in [-0.4, -0.2) is 52.3 Å². The topological polar surface area (TPSA) is 85.2 Å². The molecular formula is C18H19ClN6O2. The van der Waals surface area contributed by atoms with E-state index in [9.17, 15) is 4.79 Å². The molecular weight excluding hydrogens is 368 g/mol. The van der Waals surface area contributed by atoms with Crippen LogP contribution in [0.3, 0.4) is 0 Å². The van der Waals surface area contributed by atoms with Gasteiger partial charge in [0, 0.05) is 12.1 Å². The van der Waals surface area contributed by atoms with Crippen molar-refractivity contribution < 1.29 is 9.53 Å². The summed E-state index contributed by atoms with van der Waals surface area (Å²) in [6.07, 6.45) is -0.530. The molecule has 0 saturated carbocycles. The van der Waals surface area contributed by atoms with E-state index in [1.54, 1.807) is 28.9 Å². The van der Waals surface area contributed by atoms with Crippen LogP contribution in [0.15, 0.2) is 48.5 Å². The van der Waals surface area contributed by atoms with E-state index >= 15 is 0 Å². The number of hydrogen-bond donors (Lipinski definition) is 1. The summed E-state index contributed by atoms with van der Waals surface area (Å²) >= 11 is 6.40. The number of aromatic nitrogens is 4. The SMILES string of the molecule is CNC(=O)Oc1ccc(-n2nnnc2[C@@H](c2ccccc2Cl)N(C)C)cc1. The van der Waals surface area contributed by atoms with Gasteiger partial charge in [-0.05, 0) is 60.4 Å². The van der Waals surface area contributed by atoms with Gasteiger partial charge < -0.3 is 10.1 Å². The highest BCUT2D eigenvalue weighted by molar-refractivity contribution is 6.31. The van der Waals surface area contributed by atoms with Crippen molar-refractivity contribution in [1.82, 2.24) is 30.4 Å². The number of halogens is 1. The molecule has 3 rings (SSSR count). The monoisotopic (exact) mass is 386 g/mol. The Labute approximate surface area is 161 Å². The van der Waals surface area contributed by atoms with E-state index < -0.39 is 6.09 Å². The maximum absolute atomic E-state index is 11.3. The molecule has 0 aliphatic carbocycles. The number of benzene rings is 2. The van der Waals surface area contributed by atoms with E-state index in [-0.39, 0.29) is 6.04 Å². The summed E-state index contributed by atoms with van der Waals surface area (Å²) in [5, 5.41) is 15.2. The lowest BCUT2D eigenvalue weighted by Crippen LogP contribution is -2.25. The van der Waals surface area contributed by atoms with Gasteiger partial charge in [-0.3, -0.25) is 4.90 Å². The zero-order valence-corrected chi connectivity index (χ0v) is 15.9. The summed E-state index contributed by atoms with van der Waals surface area (Å²) < 4.78 is 6.74. The van der Waals surface area contributed by atoms with E-state index in [1.807, 2.05) is 43.3 Å². The maximum Gasteiger partial charge on any atom is 0.412 e. The van der Waals surface area contributed by atoms with E-state index in [2.05, 4.69) is 20.8 Å². The highest BCUT2D eigenvalue weighted by atomic mass is 35.5. The van der Waals surface area contributed by atoms with E-state index in [4.69, 9.17) is 16.3 Å². The average Bonchev–Trinajstić information content (AvgIpc) is 3.13. The minimum Gasteiger partial charge on any atom is -0.410 e. The fourth-order valence-corrected chi connectivity index (χ4v) is 2.95. The molecule has 1 amide bonds. The number of tetrazole rings is 1. The first-order valence-corrected chi connectivity index (χ1v) is 8.58. The summed E-state index contributed by atoms with van der Waals surface area (Å²) in [4.78, 5) is 13.3. The number of nitrogens with zero attached hydrogens (tertiary/aromatic N) is 5. The first-order valence-electron chi connectivity index (χ1n) is 8.20. The molecule has 1 heterocycles. The van der Waals surface area contributed by atoms with Crippen LogP contribution in [0.5, 0.6) is 5.75 Å². The summed E-state index contributed by atoms with van der Waals surface area (Å²) in [7, 11) is 5.38. The van der Waals surface area contributed by atoms with E-state index in [0.29, 0.717) is 16.6 Å². The van der Waals surface area contributed by atoms with Gasteiger partial charge in [-0.1, -0.05) is 29.8 Å². The fourth-order valence-electron chi connectivity index (χ4n) is 2.71. The van der Waals surface area contributed by atoms with Crippen LogP contribution in [0.2, 0.25) is 5.02 Å². The Morgan fingerprint density at radius 1 is 1.19 bits per heavy atom. The molecule has 0 bridgehead atoms. The third-order valence-corrected chi connectivity index (χ3v) is 4.29. The summed E-state index contributed by atoms with van der Waals surface area (Å²) in [6.45, 7) is 0. The van der Waals surface area contributed by atoms with Crippen molar-refractivity contribution in [2.75, 3.05) is 21.1 Å². The van der Waals surface area contributed by atoms with Crippen LogP contribution in [0.1, 0.15) is 17.4 Å². The second-order valence-corrected chi connectivity index (χ2v) is 6.38. The molecule has 1 aromatic heterocycles. The Bertz CT molecular complexity index is 926. The van der Waals surface area contributed by atoms with Crippen LogP contribution >= 0.6 is 11.6 Å². The molecule has 0 fully saturated rings. The number of ether oxygens (including phenoxy) is 1. The zero-order valence-electron chi connectivity index (χ0n) is 15.1. The van der Waals surface area contributed by atoms with E-state index in [1.165, 1.54) is 7.05 Å². The summed E-state index contributed by atoms with van der Waals surface area (Å²) in [5.74, 6) is 1.04. The van der Waals surface area contributed by atoms with Gasteiger partial charge in [0.1, 0.15) is 5.75 Å². The highest BCUT2D eigenvalue weighted by Gasteiger charge is 2.26. The predicted molar refractivity (Wildman–Crippen MR) is 101 cm³/mol. The molecule has 3 aromatic rings. The van der Waals surface area contributed by atoms with Crippen molar-refractivity contribution in [3.8, 4) is 11.4 Å². The first kappa shape index (κ1) is 18.8. The standard InChI is InChI=1S/C18H19ClN6O2/c1-20-18(26)27-13-10-8-12(9-11-13)25-17(21-22-23-25)16(24(2)3)14-6-4-5-7-15(14)19/h4-11,16H,1-3H3,(H,20,26)/t16-/m1/s1. The Balaban J connectivity index is 1.97. The van der Waals surface area contributed by atoms with Gasteiger partial charge in [0.25, 0.3) is 0 Å². The zero-order chi connectivity index (χ0) is 19.4. The Hall–Kier alpha value is -2.97. The fraction of sp³-hybridized carbons (Fsp3) is 0.222. The maximum atomic E-state index is 11.3. The van der Waals surface area contributed by atoms with Gasteiger partial charge in [-0.15, -0.1) is 5.10 Å². The molecule has 0 spiro atoms. The van der Waals surface area contributed by atoms with Crippen molar-refractivity contribution >= 4 is 17.7 Å². The predicted octanol–water partition coefficient (Wildman–Crippen LogP) is 2.68. The quantitative estimate of drug-likeness (QED) is 0.725. The highest BCUT2D eigenvalue weighted by Crippen LogP contribution is 2.31. The Morgan fingerprint density at radius 2 is 1.89 bits per heavy atom. The smallest absolute Gasteiger partial charge is 0.410 e. The Morgan fingerprint density at radius 3 is 2.52 bits per heavy atom. The lowest BCUT2D eigenvalue weighted by molar-refractivity contribution is 0.203. The molecule has 0 saturated heterocycles. The number of carbonyl (C=O) groups excluding carboxylic acids is 1. The van der Waals surface area contributed by atoms with Crippen LogP contribution in [0.25, 0.3) is 5.69 Å². The van der Waals surface area contributed by atoms with Crippen LogP contribution < -0.4 is 10.1 Å². The van der Waals surface area contributed by atoms with Crippen LogP contribution in [-0.2, 0) is 0 Å². The van der Waals surface area contributed by atoms with Crippen molar-refractivity contribution in [1.29, 1.82) is 0 Å². The van der Waals surface area contributed by atoms with Gasteiger partial charge in [-0.2, -0.15) is 4.68 Å². The van der Waals surface area contributed by atoms with Crippen molar-refractivity contribution in [3.63, 3.8) is 0 Å². The van der Waals surface area contributed by atoms with Crippen LogP contribution in [0, 0.1) is 0 Å². The van der Waals surface area contributed by atoms with Gasteiger partial charge >= 0.3 is 6.09 Å².